The number of anilines is 1. The van der Waals surface area contributed by atoms with Crippen molar-refractivity contribution in [3.63, 3.8) is 0 Å². The fourth-order valence-corrected chi connectivity index (χ4v) is 4.99. The van der Waals surface area contributed by atoms with Crippen LogP contribution in [-0.4, -0.2) is 19.9 Å². The number of benzene rings is 3. The number of fused-ring (bicyclic) bond motifs is 3. The second kappa shape index (κ2) is 9.60. The lowest BCUT2D eigenvalue weighted by Crippen LogP contribution is -2.29. The van der Waals surface area contributed by atoms with E-state index in [4.69, 9.17) is 9.47 Å². The smallest absolute Gasteiger partial charge is 0.161 e. The molecule has 4 heteroatoms. The van der Waals surface area contributed by atoms with Crippen LogP contribution in [0.5, 0.6) is 11.5 Å². The van der Waals surface area contributed by atoms with Gasteiger partial charge in [-0.2, -0.15) is 0 Å². The van der Waals surface area contributed by atoms with Gasteiger partial charge in [0.15, 0.2) is 11.5 Å². The van der Waals surface area contributed by atoms with Crippen LogP contribution >= 0.6 is 0 Å². The molecule has 4 nitrogen and oxygen atoms in total. The Labute approximate surface area is 201 Å². The first-order valence-corrected chi connectivity index (χ1v) is 11.8. The van der Waals surface area contributed by atoms with Gasteiger partial charge in [0, 0.05) is 17.8 Å². The van der Waals surface area contributed by atoms with Crippen molar-refractivity contribution in [1.82, 2.24) is 0 Å². The van der Waals surface area contributed by atoms with Crippen LogP contribution in [0, 0.1) is 12.8 Å². The van der Waals surface area contributed by atoms with Crippen LogP contribution in [-0.2, 0) is 0 Å². The monoisotopic (exact) mass is 450 g/mol. The van der Waals surface area contributed by atoms with E-state index in [9.17, 15) is 0 Å². The minimum atomic E-state index is 0.292. The summed E-state index contributed by atoms with van der Waals surface area (Å²) in [4.78, 5) is 4.67. The molecule has 1 aliphatic heterocycles. The molecule has 0 amide bonds. The molecule has 0 radical (unpaired) electrons. The zero-order valence-electron chi connectivity index (χ0n) is 19.7. The average Bonchev–Trinajstić information content (AvgIpc) is 3.37. The molecular formula is C30H30N2O2. The highest BCUT2D eigenvalue weighted by atomic mass is 16.5. The molecule has 5 rings (SSSR count). The average molecular weight is 451 g/mol. The Hall–Kier alpha value is -3.79. The third-order valence-corrected chi connectivity index (χ3v) is 6.68. The van der Waals surface area contributed by atoms with Crippen molar-refractivity contribution in [3.05, 3.63) is 108 Å². The minimum absolute atomic E-state index is 0.292. The molecule has 3 aromatic rings. The van der Waals surface area contributed by atoms with Gasteiger partial charge in [-0.05, 0) is 72.4 Å². The predicted molar refractivity (Wildman–Crippen MR) is 140 cm³/mol. The fourth-order valence-electron chi connectivity index (χ4n) is 4.99. The third kappa shape index (κ3) is 4.36. The molecule has 3 aromatic carbocycles. The van der Waals surface area contributed by atoms with Crippen molar-refractivity contribution in [2.45, 2.75) is 25.3 Å². The lowest BCUT2D eigenvalue weighted by Gasteiger charge is -2.37. The van der Waals surface area contributed by atoms with Crippen molar-refractivity contribution in [3.8, 4) is 11.5 Å². The second-order valence-electron chi connectivity index (χ2n) is 8.93. The summed E-state index contributed by atoms with van der Waals surface area (Å²) in [6.45, 7) is 6.29. The Morgan fingerprint density at radius 2 is 1.91 bits per heavy atom. The Morgan fingerprint density at radius 1 is 1.06 bits per heavy atom. The summed E-state index contributed by atoms with van der Waals surface area (Å²) in [5.41, 5.74) is 7.16. The summed E-state index contributed by atoms with van der Waals surface area (Å²) < 4.78 is 11.1. The molecule has 3 atom stereocenters. The zero-order valence-corrected chi connectivity index (χ0v) is 19.7. The Bertz CT molecular complexity index is 1240. The standard InChI is InChI=1S/C30H30N2O2/c1-4-16-34-28-15-9-21(18-29(28)33-3)19-31-23-12-10-22(11-13-23)30-25-7-5-6-24(25)26-17-20(2)8-14-27(26)32-30/h4-6,8-15,17-19,24-25,30,32H,1,7,16H2,2-3H3/t24-,25-,30-/m0/s1. The number of allylic oxidation sites excluding steroid dienone is 2. The number of hydrogen-bond acceptors (Lipinski definition) is 4. The molecule has 0 aromatic heterocycles. The molecule has 0 spiro atoms. The highest BCUT2D eigenvalue weighted by molar-refractivity contribution is 5.83. The highest BCUT2D eigenvalue weighted by Crippen LogP contribution is 2.50. The number of aliphatic imine (C=N–C) groups is 1. The van der Waals surface area contributed by atoms with Crippen LogP contribution in [0.15, 0.2) is 90.5 Å². The van der Waals surface area contributed by atoms with Crippen LogP contribution in [0.4, 0.5) is 11.4 Å². The molecule has 1 N–H and O–H groups in total. The van der Waals surface area contributed by atoms with E-state index >= 15 is 0 Å². The van der Waals surface area contributed by atoms with E-state index in [1.165, 1.54) is 22.4 Å². The maximum Gasteiger partial charge on any atom is 0.161 e. The topological polar surface area (TPSA) is 42.8 Å². The Balaban J connectivity index is 1.33. The van der Waals surface area contributed by atoms with Crippen molar-refractivity contribution >= 4 is 17.6 Å². The number of aryl methyl sites for hydroxylation is 1. The highest BCUT2D eigenvalue weighted by Gasteiger charge is 2.37. The summed E-state index contributed by atoms with van der Waals surface area (Å²) in [6, 6.07) is 21.4. The van der Waals surface area contributed by atoms with E-state index in [1.54, 1.807) is 13.2 Å². The number of hydrogen-bond donors (Lipinski definition) is 1. The summed E-state index contributed by atoms with van der Waals surface area (Å²) in [6.07, 6.45) is 9.39. The van der Waals surface area contributed by atoms with Crippen molar-refractivity contribution in [2.24, 2.45) is 10.9 Å². The van der Waals surface area contributed by atoms with Crippen LogP contribution < -0.4 is 14.8 Å². The molecular weight excluding hydrogens is 420 g/mol. The SMILES string of the molecule is C=CCOc1ccc(C=Nc2ccc([C@@H]3Nc4ccc(C)cc4[C@H]4C=CC[C@@H]43)cc2)cc1OC. The van der Waals surface area contributed by atoms with Crippen LogP contribution in [0.2, 0.25) is 0 Å². The van der Waals surface area contributed by atoms with Crippen LogP contribution in [0.25, 0.3) is 0 Å². The molecule has 0 fully saturated rings. The van der Waals surface area contributed by atoms with Crippen molar-refractivity contribution in [2.75, 3.05) is 19.0 Å². The number of methoxy groups -OCH3 is 1. The largest absolute Gasteiger partial charge is 0.493 e. The first-order valence-electron chi connectivity index (χ1n) is 11.8. The first kappa shape index (κ1) is 22.0. The molecule has 0 saturated heterocycles. The van der Waals surface area contributed by atoms with Crippen molar-refractivity contribution < 1.29 is 9.47 Å². The van der Waals surface area contributed by atoms with Gasteiger partial charge in [0.2, 0.25) is 0 Å². The molecule has 34 heavy (non-hydrogen) atoms. The first-order chi connectivity index (χ1) is 16.7. The van der Waals surface area contributed by atoms with Gasteiger partial charge < -0.3 is 14.8 Å². The van der Waals surface area contributed by atoms with Gasteiger partial charge in [0.1, 0.15) is 6.61 Å². The Morgan fingerprint density at radius 3 is 2.71 bits per heavy atom. The molecule has 1 heterocycles. The van der Waals surface area contributed by atoms with E-state index in [0.29, 0.717) is 36.0 Å². The van der Waals surface area contributed by atoms with Crippen molar-refractivity contribution in [1.29, 1.82) is 0 Å². The fraction of sp³-hybridized carbons (Fsp3) is 0.233. The number of nitrogens with one attached hydrogen (secondary N) is 1. The zero-order chi connectivity index (χ0) is 23.5. The van der Waals surface area contributed by atoms with Gasteiger partial charge in [-0.15, -0.1) is 0 Å². The Kier molecular flexibility index (Phi) is 6.22. The van der Waals surface area contributed by atoms with Crippen LogP contribution in [0.1, 0.15) is 40.6 Å². The van der Waals surface area contributed by atoms with Gasteiger partial charge in [0.05, 0.1) is 18.8 Å². The lowest BCUT2D eigenvalue weighted by molar-refractivity contribution is 0.326. The summed E-state index contributed by atoms with van der Waals surface area (Å²) in [7, 11) is 1.64. The van der Waals surface area contributed by atoms with Gasteiger partial charge >= 0.3 is 0 Å². The van der Waals surface area contributed by atoms with E-state index in [-0.39, 0.29) is 0 Å². The summed E-state index contributed by atoms with van der Waals surface area (Å²) in [5, 5.41) is 3.81. The molecule has 1 aliphatic carbocycles. The predicted octanol–water partition coefficient (Wildman–Crippen LogP) is 7.15. The second-order valence-corrected chi connectivity index (χ2v) is 8.93. The maximum absolute atomic E-state index is 5.63. The number of nitrogens with zero attached hydrogens (tertiary/aromatic N) is 1. The molecule has 172 valence electrons. The van der Waals surface area contributed by atoms with E-state index < -0.39 is 0 Å². The van der Waals surface area contributed by atoms with Gasteiger partial charge in [-0.1, -0.05) is 54.6 Å². The summed E-state index contributed by atoms with van der Waals surface area (Å²) >= 11 is 0. The van der Waals surface area contributed by atoms with E-state index in [1.807, 2.05) is 24.4 Å². The lowest BCUT2D eigenvalue weighted by atomic mass is 9.76. The quantitative estimate of drug-likeness (QED) is 0.307. The maximum atomic E-state index is 5.63. The molecule has 2 aliphatic rings. The third-order valence-electron chi connectivity index (χ3n) is 6.68. The van der Waals surface area contributed by atoms with Crippen LogP contribution in [0.3, 0.4) is 0 Å². The number of ether oxygens (including phenoxy) is 2. The molecule has 0 unspecified atom stereocenters. The normalized spacial score (nSPS) is 20.5. The molecule has 0 saturated carbocycles. The van der Waals surface area contributed by atoms with E-state index in [2.05, 4.69) is 78.4 Å². The number of rotatable bonds is 7. The van der Waals surface area contributed by atoms with Gasteiger partial charge in [-0.25, -0.2) is 0 Å². The minimum Gasteiger partial charge on any atom is -0.493 e. The van der Waals surface area contributed by atoms with Gasteiger partial charge in [-0.3, -0.25) is 4.99 Å². The molecule has 0 bridgehead atoms. The van der Waals surface area contributed by atoms with Gasteiger partial charge in [0.25, 0.3) is 0 Å². The van der Waals surface area contributed by atoms with E-state index in [0.717, 1.165) is 17.7 Å². The summed E-state index contributed by atoms with van der Waals surface area (Å²) in [5.74, 6) is 2.39.